The van der Waals surface area contributed by atoms with E-state index in [0.29, 0.717) is 12.2 Å². The number of benzene rings is 1. The summed E-state index contributed by atoms with van der Waals surface area (Å²) in [7, 11) is 0. The van der Waals surface area contributed by atoms with Crippen molar-refractivity contribution < 1.29 is 38.1 Å². The monoisotopic (exact) mass is 467 g/mol. The van der Waals surface area contributed by atoms with Crippen molar-refractivity contribution in [2.24, 2.45) is 0 Å². The van der Waals surface area contributed by atoms with E-state index < -0.39 is 0 Å². The van der Waals surface area contributed by atoms with Gasteiger partial charge in [-0.05, 0) is 18.9 Å². The van der Waals surface area contributed by atoms with Gasteiger partial charge in [0.1, 0.15) is 12.1 Å². The average Bonchev–Trinajstić information content (AvgIpc) is 2.67. The average molecular weight is 467 g/mol. The third-order valence-electron chi connectivity index (χ3n) is 4.42. The lowest BCUT2D eigenvalue weighted by atomic mass is 10.0. The fourth-order valence-corrected chi connectivity index (χ4v) is 2.89. The summed E-state index contributed by atoms with van der Waals surface area (Å²) in [6, 6.07) is 12.0. The fraction of sp³-hybridized carbons (Fsp3) is 0.455. The highest BCUT2D eigenvalue weighted by molar-refractivity contribution is 5.96. The molecular weight excluding hydrogens is 437 g/mol. The van der Waals surface area contributed by atoms with Crippen LogP contribution in [0.4, 0.5) is 0 Å². The van der Waals surface area contributed by atoms with Crippen molar-refractivity contribution in [2.75, 3.05) is 6.61 Å². The second-order valence-corrected chi connectivity index (χ2v) is 6.37. The molecule has 4 heteroatoms. The zero-order valence-electron chi connectivity index (χ0n) is 15.9. The summed E-state index contributed by atoms with van der Waals surface area (Å²) in [6.45, 7) is 5.61. The van der Waals surface area contributed by atoms with Crippen LogP contribution in [0.15, 0.2) is 48.8 Å². The second kappa shape index (κ2) is 12.8. The van der Waals surface area contributed by atoms with Gasteiger partial charge in [0, 0.05) is 11.6 Å². The maximum Gasteiger partial charge on any atom is 0.344 e. The number of hydrogen-bond acceptors (Lipinski definition) is 2. The number of nitrogens with zero attached hydrogens (tertiary/aromatic N) is 1. The Kier molecular flexibility index (Phi) is 11.2. The largest absolute Gasteiger partial charge is 1.00 e. The summed E-state index contributed by atoms with van der Waals surface area (Å²) in [5.74, 6) is -0.227. The van der Waals surface area contributed by atoms with Crippen molar-refractivity contribution in [1.29, 1.82) is 0 Å². The molecule has 2 aromatic rings. The molecule has 0 N–H and O–H groups in total. The normalized spacial score (nSPS) is 10.2. The molecule has 0 spiro atoms. The van der Waals surface area contributed by atoms with E-state index in [1.54, 1.807) is 0 Å². The number of carbonyl (C=O) groups is 1. The van der Waals surface area contributed by atoms with Gasteiger partial charge in [0.05, 0.1) is 6.61 Å². The minimum absolute atomic E-state index is 0. The van der Waals surface area contributed by atoms with Gasteiger partial charge in [0.15, 0.2) is 12.4 Å². The van der Waals surface area contributed by atoms with E-state index in [9.17, 15) is 4.79 Å². The van der Waals surface area contributed by atoms with Crippen LogP contribution in [-0.4, -0.2) is 12.6 Å². The van der Waals surface area contributed by atoms with Crippen molar-refractivity contribution in [1.82, 2.24) is 0 Å². The molecule has 0 saturated heterocycles. The first-order valence-electron chi connectivity index (χ1n) is 9.52. The zero-order valence-corrected chi connectivity index (χ0v) is 18.1. The molecule has 1 aromatic carbocycles. The molecule has 1 heterocycles. The number of hydrogen-bond donors (Lipinski definition) is 0. The minimum atomic E-state index is -0.227. The number of esters is 1. The first-order valence-corrected chi connectivity index (χ1v) is 9.52. The van der Waals surface area contributed by atoms with E-state index in [1.807, 2.05) is 53.4 Å². The summed E-state index contributed by atoms with van der Waals surface area (Å²) in [5, 5.41) is 0. The Morgan fingerprint density at radius 1 is 0.962 bits per heavy atom. The maximum atomic E-state index is 12.6. The topological polar surface area (TPSA) is 30.2 Å². The number of aromatic nitrogens is 1. The van der Waals surface area contributed by atoms with E-state index >= 15 is 0 Å². The highest BCUT2D eigenvalue weighted by Crippen LogP contribution is 2.23. The lowest BCUT2D eigenvalue weighted by Gasteiger charge is -2.09. The van der Waals surface area contributed by atoms with Gasteiger partial charge >= 0.3 is 5.97 Å². The van der Waals surface area contributed by atoms with E-state index in [2.05, 4.69) is 13.8 Å². The van der Waals surface area contributed by atoms with Crippen LogP contribution in [0, 0.1) is 0 Å². The molecule has 0 aliphatic carbocycles. The molecule has 0 bridgehead atoms. The molecule has 1 aromatic heterocycles. The summed E-state index contributed by atoms with van der Waals surface area (Å²) in [4.78, 5) is 12.6. The van der Waals surface area contributed by atoms with E-state index in [0.717, 1.165) is 30.5 Å². The van der Waals surface area contributed by atoms with Crippen LogP contribution in [0.3, 0.4) is 0 Å². The van der Waals surface area contributed by atoms with Gasteiger partial charge in [-0.15, -0.1) is 0 Å². The Bertz CT molecular complexity index is 658. The molecule has 3 nitrogen and oxygen atoms in total. The Labute approximate surface area is 174 Å². The number of halogens is 1. The van der Waals surface area contributed by atoms with Gasteiger partial charge in [0.2, 0.25) is 0 Å². The Hall–Kier alpha value is -1.43. The van der Waals surface area contributed by atoms with Crippen LogP contribution in [0.5, 0.6) is 0 Å². The fourth-order valence-electron chi connectivity index (χ4n) is 2.89. The van der Waals surface area contributed by atoms with Crippen LogP contribution in [-0.2, 0) is 11.3 Å². The van der Waals surface area contributed by atoms with Gasteiger partial charge < -0.3 is 28.7 Å². The van der Waals surface area contributed by atoms with Crippen molar-refractivity contribution in [3.05, 3.63) is 54.4 Å². The number of rotatable bonds is 10. The number of ether oxygens (including phenoxy) is 1. The molecule has 0 unspecified atom stereocenters. The molecule has 26 heavy (non-hydrogen) atoms. The number of aryl methyl sites for hydroxylation is 1. The third-order valence-corrected chi connectivity index (χ3v) is 4.42. The first kappa shape index (κ1) is 22.6. The Balaban J connectivity index is 0.00000338. The van der Waals surface area contributed by atoms with Crippen LogP contribution < -0.4 is 28.5 Å². The van der Waals surface area contributed by atoms with Crippen molar-refractivity contribution >= 4 is 5.97 Å². The highest BCUT2D eigenvalue weighted by Gasteiger charge is 2.18. The number of pyridine rings is 1. The Morgan fingerprint density at radius 2 is 1.65 bits per heavy atom. The molecule has 0 fully saturated rings. The van der Waals surface area contributed by atoms with Crippen molar-refractivity contribution in [2.45, 2.75) is 58.9 Å². The third kappa shape index (κ3) is 7.06. The minimum Gasteiger partial charge on any atom is -1.00 e. The number of unbranched alkanes of at least 4 members (excludes halogenated alkanes) is 5. The van der Waals surface area contributed by atoms with Crippen LogP contribution in [0.2, 0.25) is 0 Å². The predicted molar refractivity (Wildman–Crippen MR) is 101 cm³/mol. The summed E-state index contributed by atoms with van der Waals surface area (Å²) in [5.41, 5.74) is 2.61. The van der Waals surface area contributed by atoms with E-state index in [4.69, 9.17) is 4.74 Å². The van der Waals surface area contributed by atoms with Crippen LogP contribution >= 0.6 is 0 Å². The van der Waals surface area contributed by atoms with Gasteiger partial charge in [-0.3, -0.25) is 0 Å². The standard InChI is InChI=1S/C22H30NO2.HI/c1-3-5-6-7-8-12-17-25-22(24)21-18-23(4-2)16-15-20(21)19-13-10-9-11-14-19;/h9-11,13-16,18H,3-8,12,17H2,1-2H3;1H/q+1;/p-1. The van der Waals surface area contributed by atoms with Crippen molar-refractivity contribution in [3.8, 4) is 11.1 Å². The summed E-state index contributed by atoms with van der Waals surface area (Å²) < 4.78 is 7.55. The van der Waals surface area contributed by atoms with Gasteiger partial charge in [0.25, 0.3) is 0 Å². The zero-order chi connectivity index (χ0) is 17.9. The van der Waals surface area contributed by atoms with Gasteiger partial charge in [-0.2, -0.15) is 0 Å². The molecular formula is C22H30INO2. The SMILES string of the molecule is CCCCCCCCOC(=O)c1c[n+](CC)ccc1-c1ccccc1.[I-]. The molecule has 0 saturated carbocycles. The lowest BCUT2D eigenvalue weighted by molar-refractivity contribution is -0.693. The van der Waals surface area contributed by atoms with E-state index in [-0.39, 0.29) is 29.9 Å². The first-order chi connectivity index (χ1) is 12.3. The van der Waals surface area contributed by atoms with Crippen molar-refractivity contribution in [3.63, 3.8) is 0 Å². The molecule has 142 valence electrons. The quantitative estimate of drug-likeness (QED) is 0.232. The predicted octanol–water partition coefficient (Wildman–Crippen LogP) is 2.18. The number of carbonyl (C=O) groups excluding carboxylic acids is 1. The van der Waals surface area contributed by atoms with Gasteiger partial charge in [-0.1, -0.05) is 69.4 Å². The maximum absolute atomic E-state index is 12.6. The molecule has 0 radical (unpaired) electrons. The van der Waals surface area contributed by atoms with Gasteiger partial charge in [-0.25, -0.2) is 9.36 Å². The van der Waals surface area contributed by atoms with E-state index in [1.165, 1.54) is 25.7 Å². The lowest BCUT2D eigenvalue weighted by Crippen LogP contribution is -3.00. The Morgan fingerprint density at radius 3 is 2.35 bits per heavy atom. The molecule has 0 aliphatic rings. The summed E-state index contributed by atoms with van der Waals surface area (Å²) in [6.07, 6.45) is 11.0. The smallest absolute Gasteiger partial charge is 0.344 e. The second-order valence-electron chi connectivity index (χ2n) is 6.37. The van der Waals surface area contributed by atoms with Crippen LogP contribution in [0.25, 0.3) is 11.1 Å². The van der Waals surface area contributed by atoms with Crippen LogP contribution in [0.1, 0.15) is 62.7 Å². The highest BCUT2D eigenvalue weighted by atomic mass is 127. The molecule has 0 atom stereocenters. The molecule has 0 aliphatic heterocycles. The summed E-state index contributed by atoms with van der Waals surface area (Å²) >= 11 is 0. The molecule has 2 rings (SSSR count). The molecule has 0 amide bonds.